The highest BCUT2D eigenvalue weighted by Gasteiger charge is 2.32. The van der Waals surface area contributed by atoms with E-state index in [1.165, 1.54) is 6.33 Å². The maximum Gasteiger partial charge on any atom is 0.405 e. The summed E-state index contributed by atoms with van der Waals surface area (Å²) < 4.78 is 38.0. The van der Waals surface area contributed by atoms with Crippen LogP contribution in [0.1, 0.15) is 6.92 Å². The van der Waals surface area contributed by atoms with Crippen LogP contribution in [0.3, 0.4) is 0 Å². The van der Waals surface area contributed by atoms with Gasteiger partial charge in [0.25, 0.3) is 0 Å². The number of aromatic nitrogens is 4. The van der Waals surface area contributed by atoms with Gasteiger partial charge in [-0.15, -0.1) is 0 Å². The zero-order chi connectivity index (χ0) is 15.5. The second-order valence-corrected chi connectivity index (χ2v) is 4.26. The Morgan fingerprint density at radius 3 is 2.76 bits per heavy atom. The number of nitrogens with zero attached hydrogens (tertiary/aromatic N) is 4. The van der Waals surface area contributed by atoms with Crippen LogP contribution in [0.2, 0.25) is 0 Å². The summed E-state index contributed by atoms with van der Waals surface area (Å²) in [4.78, 5) is 15.8. The number of aromatic amines is 1. The quantitative estimate of drug-likeness (QED) is 0.741. The van der Waals surface area contributed by atoms with Crippen molar-refractivity contribution in [2.45, 2.75) is 13.1 Å². The van der Waals surface area contributed by atoms with Crippen molar-refractivity contribution in [1.82, 2.24) is 19.9 Å². The number of aliphatic hydroxyl groups is 1. The molecule has 0 aliphatic rings. The molecule has 10 heteroatoms. The first-order valence-electron chi connectivity index (χ1n) is 6.32. The van der Waals surface area contributed by atoms with Crippen LogP contribution in [0.15, 0.2) is 6.33 Å². The molecule has 2 rings (SSSR count). The van der Waals surface area contributed by atoms with Gasteiger partial charge >= 0.3 is 6.18 Å². The molecule has 0 unspecified atom stereocenters. The minimum atomic E-state index is -4.41. The van der Waals surface area contributed by atoms with Gasteiger partial charge in [-0.25, -0.2) is 4.98 Å². The maximum atomic E-state index is 12.7. The minimum absolute atomic E-state index is 0.0554. The fourth-order valence-electron chi connectivity index (χ4n) is 1.88. The lowest BCUT2D eigenvalue weighted by molar-refractivity contribution is -0.119. The van der Waals surface area contributed by atoms with Gasteiger partial charge in [-0.2, -0.15) is 23.1 Å². The molecule has 0 amide bonds. The molecule has 0 saturated carbocycles. The second-order valence-electron chi connectivity index (χ2n) is 4.26. The van der Waals surface area contributed by atoms with E-state index in [1.807, 2.05) is 6.92 Å². The molecule has 3 N–H and O–H groups in total. The van der Waals surface area contributed by atoms with Crippen LogP contribution in [0.4, 0.5) is 24.9 Å². The van der Waals surface area contributed by atoms with Crippen LogP contribution in [-0.2, 0) is 0 Å². The van der Waals surface area contributed by atoms with Crippen molar-refractivity contribution in [3.05, 3.63) is 6.33 Å². The van der Waals surface area contributed by atoms with Crippen molar-refractivity contribution in [3.8, 4) is 0 Å². The predicted octanol–water partition coefficient (Wildman–Crippen LogP) is 1.15. The first kappa shape index (κ1) is 15.3. The zero-order valence-corrected chi connectivity index (χ0v) is 11.3. The average molecular weight is 304 g/mol. The molecule has 2 heterocycles. The van der Waals surface area contributed by atoms with E-state index in [9.17, 15) is 13.2 Å². The Hall–Kier alpha value is -2.10. The van der Waals surface area contributed by atoms with E-state index in [1.54, 1.807) is 0 Å². The molecule has 21 heavy (non-hydrogen) atoms. The van der Waals surface area contributed by atoms with Crippen LogP contribution in [0.5, 0.6) is 0 Å². The molecular weight excluding hydrogens is 289 g/mol. The molecule has 7 nitrogen and oxygen atoms in total. The third kappa shape index (κ3) is 3.72. The number of anilines is 2. The first-order valence-corrected chi connectivity index (χ1v) is 6.32. The number of hydrogen-bond acceptors (Lipinski definition) is 6. The third-order valence-corrected chi connectivity index (χ3v) is 2.64. The summed E-state index contributed by atoms with van der Waals surface area (Å²) in [5.74, 6) is 0.247. The summed E-state index contributed by atoms with van der Waals surface area (Å²) in [5.41, 5.74) is 0.565. The number of fused-ring (bicyclic) bond motifs is 1. The summed E-state index contributed by atoms with van der Waals surface area (Å²) >= 11 is 0. The number of rotatable bonds is 6. The Labute approximate surface area is 118 Å². The predicted molar refractivity (Wildman–Crippen MR) is 71.2 cm³/mol. The standard InChI is InChI=1S/C11H15F3N6O/c1-2-15-10-18-8-7(16-6-17-8)9(19-10)20(3-4-21)5-11(12,13)14/h6,21H,2-5H2,1H3,(H2,15,16,17,18,19). The van der Waals surface area contributed by atoms with Crippen LogP contribution in [0, 0.1) is 0 Å². The number of aliphatic hydroxyl groups excluding tert-OH is 1. The van der Waals surface area contributed by atoms with E-state index in [0.29, 0.717) is 12.1 Å². The van der Waals surface area contributed by atoms with E-state index in [-0.39, 0.29) is 24.0 Å². The van der Waals surface area contributed by atoms with E-state index in [4.69, 9.17) is 5.11 Å². The van der Waals surface area contributed by atoms with E-state index >= 15 is 0 Å². The molecule has 0 saturated heterocycles. The van der Waals surface area contributed by atoms with Crippen molar-refractivity contribution >= 4 is 22.9 Å². The molecular formula is C11H15F3N6O. The van der Waals surface area contributed by atoms with Gasteiger partial charge < -0.3 is 20.3 Å². The molecule has 0 fully saturated rings. The smallest absolute Gasteiger partial charge is 0.395 e. The largest absolute Gasteiger partial charge is 0.405 e. The molecule has 0 aliphatic carbocycles. The Morgan fingerprint density at radius 1 is 1.38 bits per heavy atom. The fraction of sp³-hybridized carbons (Fsp3) is 0.545. The number of imidazole rings is 1. The van der Waals surface area contributed by atoms with Gasteiger partial charge in [0.2, 0.25) is 5.95 Å². The van der Waals surface area contributed by atoms with Gasteiger partial charge in [0, 0.05) is 13.1 Å². The van der Waals surface area contributed by atoms with Crippen molar-refractivity contribution in [1.29, 1.82) is 0 Å². The monoisotopic (exact) mass is 304 g/mol. The van der Waals surface area contributed by atoms with Crippen LogP contribution < -0.4 is 10.2 Å². The second kappa shape index (κ2) is 6.12. The molecule has 2 aromatic heterocycles. The molecule has 2 aromatic rings. The Morgan fingerprint density at radius 2 is 2.14 bits per heavy atom. The van der Waals surface area contributed by atoms with Gasteiger partial charge in [0.15, 0.2) is 11.5 Å². The molecule has 0 radical (unpaired) electrons. The van der Waals surface area contributed by atoms with Crippen LogP contribution in [0.25, 0.3) is 11.2 Å². The lowest BCUT2D eigenvalue weighted by atomic mass is 10.4. The van der Waals surface area contributed by atoms with E-state index in [0.717, 1.165) is 4.90 Å². The van der Waals surface area contributed by atoms with Gasteiger partial charge in [0.1, 0.15) is 12.1 Å². The average Bonchev–Trinajstić information content (AvgIpc) is 2.84. The lowest BCUT2D eigenvalue weighted by Crippen LogP contribution is -2.37. The van der Waals surface area contributed by atoms with Gasteiger partial charge in [-0.05, 0) is 6.92 Å². The fourth-order valence-corrected chi connectivity index (χ4v) is 1.88. The highest BCUT2D eigenvalue weighted by Crippen LogP contribution is 2.26. The number of hydrogen-bond donors (Lipinski definition) is 3. The number of nitrogens with one attached hydrogen (secondary N) is 2. The maximum absolute atomic E-state index is 12.7. The summed E-state index contributed by atoms with van der Waals surface area (Å²) in [6.07, 6.45) is -3.08. The third-order valence-electron chi connectivity index (χ3n) is 2.64. The number of alkyl halides is 3. The summed E-state index contributed by atoms with van der Waals surface area (Å²) in [7, 11) is 0. The van der Waals surface area contributed by atoms with Crippen molar-refractivity contribution in [2.24, 2.45) is 0 Å². The molecule has 0 aliphatic heterocycles. The summed E-state index contributed by atoms with van der Waals surface area (Å²) in [6.45, 7) is 0.500. The van der Waals surface area contributed by atoms with Crippen LogP contribution >= 0.6 is 0 Å². The van der Waals surface area contributed by atoms with Crippen molar-refractivity contribution in [3.63, 3.8) is 0 Å². The lowest BCUT2D eigenvalue weighted by Gasteiger charge is -2.24. The zero-order valence-electron chi connectivity index (χ0n) is 11.3. The molecule has 0 aromatic carbocycles. The number of H-pyrrole nitrogens is 1. The minimum Gasteiger partial charge on any atom is -0.395 e. The molecule has 0 bridgehead atoms. The van der Waals surface area contributed by atoms with Crippen LogP contribution in [-0.4, -0.2) is 57.5 Å². The summed E-state index contributed by atoms with van der Waals surface area (Å²) in [5, 5.41) is 11.8. The van der Waals surface area contributed by atoms with Crippen molar-refractivity contribution in [2.75, 3.05) is 36.5 Å². The normalized spacial score (nSPS) is 11.9. The van der Waals surface area contributed by atoms with Crippen molar-refractivity contribution < 1.29 is 18.3 Å². The summed E-state index contributed by atoms with van der Waals surface area (Å²) in [6, 6.07) is 0. The van der Waals surface area contributed by atoms with E-state index in [2.05, 4.69) is 25.3 Å². The van der Waals surface area contributed by atoms with Gasteiger partial charge in [-0.1, -0.05) is 0 Å². The Kier molecular flexibility index (Phi) is 4.46. The highest BCUT2D eigenvalue weighted by molar-refractivity contribution is 5.84. The molecule has 0 spiro atoms. The van der Waals surface area contributed by atoms with Gasteiger partial charge in [-0.3, -0.25) is 0 Å². The van der Waals surface area contributed by atoms with E-state index < -0.39 is 19.3 Å². The molecule has 0 atom stereocenters. The highest BCUT2D eigenvalue weighted by atomic mass is 19.4. The SMILES string of the molecule is CCNc1nc(N(CCO)CC(F)(F)F)c2[nH]cnc2n1. The topological polar surface area (TPSA) is 90.0 Å². The Balaban J connectivity index is 2.46. The first-order chi connectivity index (χ1) is 9.94. The number of halogens is 3. The van der Waals surface area contributed by atoms with Gasteiger partial charge in [0.05, 0.1) is 12.9 Å². The molecule has 116 valence electrons. The Bertz CT molecular complexity index is 599.